The van der Waals surface area contributed by atoms with Crippen LogP contribution >= 0.6 is 0 Å². The van der Waals surface area contributed by atoms with Gasteiger partial charge in [0.2, 0.25) is 11.9 Å². The summed E-state index contributed by atoms with van der Waals surface area (Å²) < 4.78 is 6.17. The molecule has 1 aromatic heterocycles. The Morgan fingerprint density at radius 2 is 1.86 bits per heavy atom. The van der Waals surface area contributed by atoms with Crippen LogP contribution in [0.1, 0.15) is 74.2 Å². The SMILES string of the molecule is CCC1C(=O)N(C)c2cnc(Nc3ccc(C(=O)NC4CC5CN(C)CC5C4)c4c3OCCC4)nc2N1C1CCCC1. The maximum absolute atomic E-state index is 13.5. The van der Waals surface area contributed by atoms with Gasteiger partial charge in [0.25, 0.3) is 5.91 Å². The summed E-state index contributed by atoms with van der Waals surface area (Å²) in [7, 11) is 4.01. The molecule has 10 heteroatoms. The Hall–Kier alpha value is -3.40. The molecule has 1 aromatic carbocycles. The van der Waals surface area contributed by atoms with Gasteiger partial charge in [0.1, 0.15) is 17.5 Å². The van der Waals surface area contributed by atoms with Crippen LogP contribution in [0.15, 0.2) is 18.3 Å². The van der Waals surface area contributed by atoms with Gasteiger partial charge in [-0.05, 0) is 76.0 Å². The van der Waals surface area contributed by atoms with E-state index in [0.29, 0.717) is 41.7 Å². The Morgan fingerprint density at radius 1 is 1.10 bits per heavy atom. The first-order chi connectivity index (χ1) is 20.4. The maximum atomic E-state index is 13.5. The number of benzene rings is 1. The molecule has 42 heavy (non-hydrogen) atoms. The topological polar surface area (TPSA) is 103 Å². The van der Waals surface area contributed by atoms with Gasteiger partial charge in [0, 0.05) is 43.3 Å². The number of likely N-dealkylation sites (N-methyl/N-ethyl adjacent to an activating group) is 1. The predicted molar refractivity (Wildman–Crippen MR) is 163 cm³/mol. The monoisotopic (exact) mass is 573 g/mol. The number of nitrogens with one attached hydrogen (secondary N) is 2. The van der Waals surface area contributed by atoms with Crippen molar-refractivity contribution in [1.82, 2.24) is 20.2 Å². The first kappa shape index (κ1) is 27.4. The van der Waals surface area contributed by atoms with Gasteiger partial charge in [-0.2, -0.15) is 4.98 Å². The van der Waals surface area contributed by atoms with E-state index in [2.05, 4.69) is 39.4 Å². The zero-order chi connectivity index (χ0) is 29.0. The molecule has 5 aliphatic rings. The minimum atomic E-state index is -0.220. The van der Waals surface area contributed by atoms with Crippen LogP contribution < -0.4 is 25.2 Å². The number of carbonyl (C=O) groups excluding carboxylic acids is 2. The molecule has 2 N–H and O–H groups in total. The molecule has 3 atom stereocenters. The van der Waals surface area contributed by atoms with Crippen molar-refractivity contribution in [3.63, 3.8) is 0 Å². The third-order valence-corrected chi connectivity index (χ3v) is 10.3. The number of hydrogen-bond acceptors (Lipinski definition) is 8. The highest BCUT2D eigenvalue weighted by atomic mass is 16.5. The van der Waals surface area contributed by atoms with Gasteiger partial charge in [0.05, 0.1) is 18.5 Å². The Labute approximate surface area is 248 Å². The molecule has 0 spiro atoms. The quantitative estimate of drug-likeness (QED) is 0.532. The van der Waals surface area contributed by atoms with Crippen molar-refractivity contribution in [3.05, 3.63) is 29.5 Å². The Kier molecular flexibility index (Phi) is 7.20. The minimum absolute atomic E-state index is 0.00261. The van der Waals surface area contributed by atoms with Crippen LogP contribution in [0.2, 0.25) is 0 Å². The summed E-state index contributed by atoms with van der Waals surface area (Å²) in [4.78, 5) is 42.7. The number of carbonyl (C=O) groups is 2. The second kappa shape index (κ2) is 11.0. The highest BCUT2D eigenvalue weighted by Gasteiger charge is 2.42. The van der Waals surface area contributed by atoms with E-state index in [4.69, 9.17) is 9.72 Å². The lowest BCUT2D eigenvalue weighted by atomic mass is 9.97. The number of fused-ring (bicyclic) bond motifs is 3. The number of aromatic nitrogens is 2. The van der Waals surface area contributed by atoms with E-state index in [1.807, 2.05) is 19.2 Å². The summed E-state index contributed by atoms with van der Waals surface area (Å²) in [5, 5.41) is 6.75. The fourth-order valence-corrected chi connectivity index (χ4v) is 8.25. The van der Waals surface area contributed by atoms with Gasteiger partial charge < -0.3 is 30.1 Å². The first-order valence-corrected chi connectivity index (χ1v) is 15.9. The van der Waals surface area contributed by atoms with Crippen LogP contribution in [0.3, 0.4) is 0 Å². The van der Waals surface area contributed by atoms with E-state index in [-0.39, 0.29) is 23.9 Å². The molecule has 2 aliphatic carbocycles. The molecule has 0 bridgehead atoms. The standard InChI is InChI=1S/C32H43N7O3/c1-4-26-31(41)38(3)27-16-33-32(36-29(27)39(26)22-8-5-6-9-22)35-25-12-11-24(23-10-7-13-42-28(23)25)30(40)34-21-14-19-17-37(2)18-20(19)15-21/h11-12,16,19-22,26H,4-10,13-15,17-18H2,1-3H3,(H,34,40)(H,33,35,36). The lowest BCUT2D eigenvalue weighted by Crippen LogP contribution is -2.55. The Balaban J connectivity index is 1.15. The van der Waals surface area contributed by atoms with Crippen LogP contribution in [0.4, 0.5) is 23.1 Å². The summed E-state index contributed by atoms with van der Waals surface area (Å²) >= 11 is 0. The van der Waals surface area contributed by atoms with Crippen molar-refractivity contribution in [1.29, 1.82) is 0 Å². The van der Waals surface area contributed by atoms with Crippen LogP contribution in [-0.2, 0) is 11.2 Å². The van der Waals surface area contributed by atoms with Crippen LogP contribution in [0, 0.1) is 11.8 Å². The number of nitrogens with zero attached hydrogens (tertiary/aromatic N) is 5. The molecule has 10 nitrogen and oxygen atoms in total. The number of rotatable bonds is 6. The molecule has 3 unspecified atom stereocenters. The van der Waals surface area contributed by atoms with Gasteiger partial charge >= 0.3 is 0 Å². The zero-order valence-electron chi connectivity index (χ0n) is 25.1. The molecule has 2 saturated carbocycles. The first-order valence-electron chi connectivity index (χ1n) is 15.9. The fraction of sp³-hybridized carbons (Fsp3) is 0.625. The van der Waals surface area contributed by atoms with E-state index >= 15 is 0 Å². The molecule has 1 saturated heterocycles. The average molecular weight is 574 g/mol. The molecule has 2 aromatic rings. The van der Waals surface area contributed by atoms with Crippen molar-refractivity contribution in [2.24, 2.45) is 11.8 Å². The lowest BCUT2D eigenvalue weighted by Gasteiger charge is -2.43. The summed E-state index contributed by atoms with van der Waals surface area (Å²) in [5.41, 5.74) is 3.16. The van der Waals surface area contributed by atoms with Crippen molar-refractivity contribution in [3.8, 4) is 5.75 Å². The summed E-state index contributed by atoms with van der Waals surface area (Å²) in [6, 6.07) is 4.16. The molecular weight excluding hydrogens is 530 g/mol. The Bertz CT molecular complexity index is 1360. The van der Waals surface area contributed by atoms with Crippen molar-refractivity contribution in [2.45, 2.75) is 82.8 Å². The van der Waals surface area contributed by atoms with Crippen LogP contribution in [0.25, 0.3) is 0 Å². The second-order valence-electron chi connectivity index (χ2n) is 13.0. The zero-order valence-corrected chi connectivity index (χ0v) is 25.1. The fourth-order valence-electron chi connectivity index (χ4n) is 8.25. The largest absolute Gasteiger partial charge is 0.491 e. The van der Waals surface area contributed by atoms with Gasteiger partial charge in [-0.1, -0.05) is 19.8 Å². The molecule has 0 radical (unpaired) electrons. The van der Waals surface area contributed by atoms with E-state index in [9.17, 15) is 9.59 Å². The number of anilines is 4. The van der Waals surface area contributed by atoms with Gasteiger partial charge in [-0.15, -0.1) is 0 Å². The van der Waals surface area contributed by atoms with Crippen LogP contribution in [0.5, 0.6) is 5.75 Å². The Morgan fingerprint density at radius 3 is 2.60 bits per heavy atom. The van der Waals surface area contributed by atoms with Crippen molar-refractivity contribution in [2.75, 3.05) is 48.9 Å². The third-order valence-electron chi connectivity index (χ3n) is 10.3. The molecule has 4 heterocycles. The molecule has 3 fully saturated rings. The highest BCUT2D eigenvalue weighted by Crippen LogP contribution is 2.42. The molecule has 3 aliphatic heterocycles. The van der Waals surface area contributed by atoms with Gasteiger partial charge in [-0.25, -0.2) is 4.98 Å². The van der Waals surface area contributed by atoms with Gasteiger partial charge in [-0.3, -0.25) is 9.59 Å². The van der Waals surface area contributed by atoms with E-state index in [1.165, 1.54) is 12.8 Å². The smallest absolute Gasteiger partial charge is 0.251 e. The molecule has 7 rings (SSSR count). The second-order valence-corrected chi connectivity index (χ2v) is 13.0. The molecule has 224 valence electrons. The normalized spacial score (nSPS) is 27.5. The van der Waals surface area contributed by atoms with Gasteiger partial charge in [0.15, 0.2) is 5.82 Å². The number of likely N-dealkylation sites (tertiary alicyclic amines) is 1. The molecular formula is C32H43N7O3. The lowest BCUT2D eigenvalue weighted by molar-refractivity contribution is -0.120. The summed E-state index contributed by atoms with van der Waals surface area (Å²) in [6.45, 7) is 4.95. The number of hydrogen-bond donors (Lipinski definition) is 2. The highest BCUT2D eigenvalue weighted by molar-refractivity contribution is 6.04. The van der Waals surface area contributed by atoms with Crippen molar-refractivity contribution >= 4 is 35.0 Å². The van der Waals surface area contributed by atoms with Crippen molar-refractivity contribution < 1.29 is 14.3 Å². The van der Waals surface area contributed by atoms with Crippen LogP contribution in [-0.4, -0.2) is 78.6 Å². The predicted octanol–water partition coefficient (Wildman–Crippen LogP) is 4.12. The number of ether oxygens (including phenoxy) is 1. The minimum Gasteiger partial charge on any atom is -0.491 e. The third kappa shape index (κ3) is 4.77. The number of amides is 2. The molecule has 2 amide bonds. The summed E-state index contributed by atoms with van der Waals surface area (Å²) in [5.74, 6) is 3.47. The van der Waals surface area contributed by atoms with E-state index in [1.54, 1.807) is 11.1 Å². The van der Waals surface area contributed by atoms with E-state index < -0.39 is 0 Å². The average Bonchev–Trinajstić information content (AvgIpc) is 3.72. The van der Waals surface area contributed by atoms with E-state index in [0.717, 1.165) is 80.8 Å². The maximum Gasteiger partial charge on any atom is 0.251 e. The summed E-state index contributed by atoms with van der Waals surface area (Å²) in [6.07, 6.45) is 10.8.